The van der Waals surface area contributed by atoms with Gasteiger partial charge in [-0.25, -0.2) is 0 Å². The fourth-order valence-corrected chi connectivity index (χ4v) is 2.49. The molecule has 1 atom stereocenters. The van der Waals surface area contributed by atoms with E-state index in [0.29, 0.717) is 16.3 Å². The van der Waals surface area contributed by atoms with Crippen molar-refractivity contribution in [3.63, 3.8) is 0 Å². The topological polar surface area (TPSA) is 58.2 Å². The van der Waals surface area contributed by atoms with E-state index in [1.165, 1.54) is 6.92 Å². The van der Waals surface area contributed by atoms with Crippen LogP contribution in [0.15, 0.2) is 48.5 Å². The molecule has 0 aliphatic heterocycles. The van der Waals surface area contributed by atoms with Crippen molar-refractivity contribution in [1.29, 1.82) is 0 Å². The van der Waals surface area contributed by atoms with Crippen molar-refractivity contribution in [2.24, 2.45) is 0 Å². The van der Waals surface area contributed by atoms with Gasteiger partial charge in [-0.05, 0) is 48.4 Å². The standard InChI is InChI=1S/C18H19ClN2O2/c1-3-17(14-5-4-6-15(19)11-14)21-18(23)13-7-9-16(10-8-13)20-12(2)22/h4-11,17H,3H2,1-2H3,(H,20,22)(H,21,23). The first kappa shape index (κ1) is 17.0. The van der Waals surface area contributed by atoms with Crippen LogP contribution >= 0.6 is 11.6 Å². The van der Waals surface area contributed by atoms with E-state index in [0.717, 1.165) is 12.0 Å². The second kappa shape index (κ2) is 7.79. The first-order valence-corrected chi connectivity index (χ1v) is 7.81. The Morgan fingerprint density at radius 1 is 1.13 bits per heavy atom. The third kappa shape index (κ3) is 4.83. The molecule has 0 aliphatic rings. The van der Waals surface area contributed by atoms with E-state index in [1.54, 1.807) is 30.3 Å². The van der Waals surface area contributed by atoms with Gasteiger partial charge >= 0.3 is 0 Å². The average Bonchev–Trinajstić information content (AvgIpc) is 2.52. The van der Waals surface area contributed by atoms with E-state index in [1.807, 2.05) is 25.1 Å². The summed E-state index contributed by atoms with van der Waals surface area (Å²) < 4.78 is 0. The molecule has 2 amide bonds. The maximum atomic E-state index is 12.4. The zero-order valence-electron chi connectivity index (χ0n) is 13.1. The van der Waals surface area contributed by atoms with Crippen LogP contribution in [0.4, 0.5) is 5.69 Å². The Balaban J connectivity index is 2.09. The molecule has 0 aliphatic carbocycles. The molecule has 0 aromatic heterocycles. The third-order valence-corrected chi connectivity index (χ3v) is 3.67. The molecule has 4 nitrogen and oxygen atoms in total. The number of carbonyl (C=O) groups is 2. The number of anilines is 1. The molecule has 2 rings (SSSR count). The molecule has 23 heavy (non-hydrogen) atoms. The van der Waals surface area contributed by atoms with Crippen molar-refractivity contribution in [2.45, 2.75) is 26.3 Å². The van der Waals surface area contributed by atoms with Gasteiger partial charge < -0.3 is 10.6 Å². The first-order chi connectivity index (χ1) is 11.0. The van der Waals surface area contributed by atoms with Crippen LogP contribution in [0.5, 0.6) is 0 Å². The number of rotatable bonds is 5. The maximum absolute atomic E-state index is 12.4. The highest BCUT2D eigenvalue weighted by Crippen LogP contribution is 2.21. The summed E-state index contributed by atoms with van der Waals surface area (Å²) in [5, 5.41) is 6.32. The lowest BCUT2D eigenvalue weighted by atomic mass is 10.0. The molecule has 0 fully saturated rings. The van der Waals surface area contributed by atoms with E-state index in [4.69, 9.17) is 11.6 Å². The third-order valence-electron chi connectivity index (χ3n) is 3.43. The molecule has 0 radical (unpaired) electrons. The fraction of sp³-hybridized carbons (Fsp3) is 0.222. The summed E-state index contributed by atoms with van der Waals surface area (Å²) in [6.45, 7) is 3.45. The Hall–Kier alpha value is -2.33. The van der Waals surface area contributed by atoms with Gasteiger partial charge in [-0.15, -0.1) is 0 Å². The Morgan fingerprint density at radius 2 is 1.83 bits per heavy atom. The molecule has 1 unspecified atom stereocenters. The molecule has 5 heteroatoms. The van der Waals surface area contributed by atoms with Crippen LogP contribution in [0, 0.1) is 0 Å². The van der Waals surface area contributed by atoms with Gasteiger partial charge in [0.15, 0.2) is 0 Å². The van der Waals surface area contributed by atoms with E-state index < -0.39 is 0 Å². The molecule has 0 saturated carbocycles. The summed E-state index contributed by atoms with van der Waals surface area (Å²) in [5.41, 5.74) is 2.18. The predicted molar refractivity (Wildman–Crippen MR) is 92.7 cm³/mol. The van der Waals surface area contributed by atoms with Gasteiger partial charge in [0, 0.05) is 23.2 Å². The van der Waals surface area contributed by atoms with Gasteiger partial charge in [0.25, 0.3) is 5.91 Å². The average molecular weight is 331 g/mol. The SMILES string of the molecule is CCC(NC(=O)c1ccc(NC(C)=O)cc1)c1cccc(Cl)c1. The molecule has 0 spiro atoms. The Labute approximate surface area is 140 Å². The number of carbonyl (C=O) groups excluding carboxylic acids is 2. The van der Waals surface area contributed by atoms with Crippen molar-refractivity contribution in [3.05, 3.63) is 64.7 Å². The zero-order valence-corrected chi connectivity index (χ0v) is 13.9. The largest absolute Gasteiger partial charge is 0.345 e. The van der Waals surface area contributed by atoms with Crippen LogP contribution in [-0.4, -0.2) is 11.8 Å². The summed E-state index contributed by atoms with van der Waals surface area (Å²) in [6.07, 6.45) is 0.760. The molecule has 0 bridgehead atoms. The number of nitrogens with one attached hydrogen (secondary N) is 2. The quantitative estimate of drug-likeness (QED) is 0.864. The van der Waals surface area contributed by atoms with Crippen molar-refractivity contribution >= 4 is 29.1 Å². The van der Waals surface area contributed by atoms with Gasteiger partial charge in [-0.2, -0.15) is 0 Å². The maximum Gasteiger partial charge on any atom is 0.251 e. The monoisotopic (exact) mass is 330 g/mol. The number of benzene rings is 2. The Bertz CT molecular complexity index is 698. The fourth-order valence-electron chi connectivity index (χ4n) is 2.29. The molecule has 2 N–H and O–H groups in total. The van der Waals surface area contributed by atoms with Gasteiger partial charge in [0.1, 0.15) is 0 Å². The summed E-state index contributed by atoms with van der Waals surface area (Å²) in [7, 11) is 0. The summed E-state index contributed by atoms with van der Waals surface area (Å²) in [6, 6.07) is 14.2. The normalized spacial score (nSPS) is 11.6. The summed E-state index contributed by atoms with van der Waals surface area (Å²) in [5.74, 6) is -0.305. The van der Waals surface area contributed by atoms with Crippen molar-refractivity contribution < 1.29 is 9.59 Å². The zero-order chi connectivity index (χ0) is 16.8. The predicted octanol–water partition coefficient (Wildman–Crippen LogP) is 4.18. The second-order valence-corrected chi connectivity index (χ2v) is 5.68. The van der Waals surface area contributed by atoms with Gasteiger partial charge in [-0.3, -0.25) is 9.59 Å². The molecular formula is C18H19ClN2O2. The molecule has 120 valence electrons. The molecule has 2 aromatic rings. The van der Waals surface area contributed by atoms with Crippen LogP contribution in [0.25, 0.3) is 0 Å². The van der Waals surface area contributed by atoms with Gasteiger partial charge in [0.05, 0.1) is 6.04 Å². The lowest BCUT2D eigenvalue weighted by Crippen LogP contribution is -2.28. The second-order valence-electron chi connectivity index (χ2n) is 5.25. The van der Waals surface area contributed by atoms with E-state index in [9.17, 15) is 9.59 Å². The van der Waals surface area contributed by atoms with Crippen molar-refractivity contribution in [3.8, 4) is 0 Å². The summed E-state index contributed by atoms with van der Waals surface area (Å²) >= 11 is 6.01. The number of hydrogen-bond donors (Lipinski definition) is 2. The number of halogens is 1. The van der Waals surface area contributed by atoms with Crippen LogP contribution in [0.2, 0.25) is 5.02 Å². The van der Waals surface area contributed by atoms with E-state index in [-0.39, 0.29) is 17.9 Å². The van der Waals surface area contributed by atoms with Gasteiger partial charge in [-0.1, -0.05) is 30.7 Å². The molecule has 2 aromatic carbocycles. The lowest BCUT2D eigenvalue weighted by Gasteiger charge is -2.18. The number of hydrogen-bond acceptors (Lipinski definition) is 2. The highest BCUT2D eigenvalue weighted by molar-refractivity contribution is 6.30. The minimum absolute atomic E-state index is 0.101. The van der Waals surface area contributed by atoms with Crippen molar-refractivity contribution in [1.82, 2.24) is 5.32 Å². The van der Waals surface area contributed by atoms with E-state index >= 15 is 0 Å². The molecule has 0 heterocycles. The minimum atomic E-state index is -0.161. The highest BCUT2D eigenvalue weighted by atomic mass is 35.5. The number of amides is 2. The van der Waals surface area contributed by atoms with Crippen LogP contribution in [-0.2, 0) is 4.79 Å². The first-order valence-electron chi connectivity index (χ1n) is 7.43. The van der Waals surface area contributed by atoms with Crippen LogP contribution < -0.4 is 10.6 Å². The summed E-state index contributed by atoms with van der Waals surface area (Å²) in [4.78, 5) is 23.4. The Morgan fingerprint density at radius 3 is 2.39 bits per heavy atom. The molecule has 0 saturated heterocycles. The molecular weight excluding hydrogens is 312 g/mol. The van der Waals surface area contributed by atoms with Gasteiger partial charge in [0.2, 0.25) is 5.91 Å². The van der Waals surface area contributed by atoms with E-state index in [2.05, 4.69) is 10.6 Å². The minimum Gasteiger partial charge on any atom is -0.345 e. The highest BCUT2D eigenvalue weighted by Gasteiger charge is 2.14. The van der Waals surface area contributed by atoms with Crippen LogP contribution in [0.1, 0.15) is 42.2 Å². The van der Waals surface area contributed by atoms with Crippen LogP contribution in [0.3, 0.4) is 0 Å². The lowest BCUT2D eigenvalue weighted by molar-refractivity contribution is -0.114. The Kier molecular flexibility index (Phi) is 5.77. The van der Waals surface area contributed by atoms with Crippen molar-refractivity contribution in [2.75, 3.05) is 5.32 Å². The smallest absolute Gasteiger partial charge is 0.251 e.